The van der Waals surface area contributed by atoms with Crippen molar-refractivity contribution in [3.8, 4) is 5.75 Å². The molecule has 0 amide bonds. The summed E-state index contributed by atoms with van der Waals surface area (Å²) in [6.07, 6.45) is 0. The van der Waals surface area contributed by atoms with Crippen molar-refractivity contribution in [3.05, 3.63) is 66.5 Å². The third kappa shape index (κ3) is 2.43. The zero-order valence-electron chi connectivity index (χ0n) is 11.1. The fourth-order valence-electron chi connectivity index (χ4n) is 2.18. The van der Waals surface area contributed by atoms with Crippen LogP contribution >= 0.6 is 0 Å². The van der Waals surface area contributed by atoms with Crippen LogP contribution < -0.4 is 10.1 Å². The number of hydrogen-bond donors (Lipinski definition) is 1. The maximum Gasteiger partial charge on any atom is 0.167 e. The van der Waals surface area contributed by atoms with Crippen molar-refractivity contribution in [2.24, 2.45) is 0 Å². The lowest BCUT2D eigenvalue weighted by Crippen LogP contribution is -1.93. The van der Waals surface area contributed by atoms with Gasteiger partial charge < -0.3 is 10.1 Å². The summed E-state index contributed by atoms with van der Waals surface area (Å²) in [4.78, 5) is 0. The Balaban J connectivity index is 1.90. The molecule has 2 nitrogen and oxygen atoms in total. The van der Waals surface area contributed by atoms with Crippen LogP contribution in [0.2, 0.25) is 0 Å². The summed E-state index contributed by atoms with van der Waals surface area (Å²) in [5.41, 5.74) is 1.62. The Hall–Kier alpha value is -2.55. The smallest absolute Gasteiger partial charge is 0.167 e. The van der Waals surface area contributed by atoms with Crippen LogP contribution in [0.4, 0.5) is 15.8 Å². The zero-order valence-corrected chi connectivity index (χ0v) is 11.1. The van der Waals surface area contributed by atoms with E-state index in [1.807, 2.05) is 30.3 Å². The highest BCUT2D eigenvalue weighted by Gasteiger charge is 2.04. The first-order valence-electron chi connectivity index (χ1n) is 6.35. The Morgan fingerprint density at radius 3 is 2.30 bits per heavy atom. The highest BCUT2D eigenvalue weighted by Crippen LogP contribution is 2.25. The first-order valence-corrected chi connectivity index (χ1v) is 6.35. The van der Waals surface area contributed by atoms with Crippen LogP contribution in [0.3, 0.4) is 0 Å². The molecule has 20 heavy (non-hydrogen) atoms. The minimum atomic E-state index is -0.377. The topological polar surface area (TPSA) is 21.3 Å². The highest BCUT2D eigenvalue weighted by atomic mass is 19.1. The van der Waals surface area contributed by atoms with Crippen LogP contribution in [0.25, 0.3) is 10.8 Å². The van der Waals surface area contributed by atoms with Crippen molar-refractivity contribution in [1.29, 1.82) is 0 Å². The molecule has 0 aliphatic carbocycles. The van der Waals surface area contributed by atoms with Gasteiger partial charge in [0.15, 0.2) is 11.6 Å². The lowest BCUT2D eigenvalue weighted by atomic mass is 10.1. The summed E-state index contributed by atoms with van der Waals surface area (Å²) < 4.78 is 18.5. The number of nitrogens with one attached hydrogen (secondary N) is 1. The number of halogens is 1. The second-order valence-corrected chi connectivity index (χ2v) is 4.54. The molecule has 0 saturated carbocycles. The normalized spacial score (nSPS) is 10.5. The Morgan fingerprint density at radius 1 is 0.850 bits per heavy atom. The summed E-state index contributed by atoms with van der Waals surface area (Å²) in [6.45, 7) is 0. The number of ether oxygens (including phenoxy) is 1. The minimum absolute atomic E-state index is 0.245. The lowest BCUT2D eigenvalue weighted by Gasteiger charge is -2.09. The van der Waals surface area contributed by atoms with Gasteiger partial charge in [0.25, 0.3) is 0 Å². The second kappa shape index (κ2) is 5.21. The Bertz CT molecular complexity index is 755. The molecule has 3 heteroatoms. The van der Waals surface area contributed by atoms with Gasteiger partial charge in [0.05, 0.1) is 7.11 Å². The average molecular weight is 267 g/mol. The number of anilines is 2. The third-order valence-corrected chi connectivity index (χ3v) is 3.19. The van der Waals surface area contributed by atoms with Gasteiger partial charge in [-0.05, 0) is 35.0 Å². The van der Waals surface area contributed by atoms with E-state index < -0.39 is 0 Å². The SMILES string of the molecule is COc1ccc(Nc2ccc3ccccc3c2)cc1F. The molecular weight excluding hydrogens is 253 g/mol. The fraction of sp³-hybridized carbons (Fsp3) is 0.0588. The molecule has 0 unspecified atom stereocenters. The van der Waals surface area contributed by atoms with E-state index in [0.29, 0.717) is 5.69 Å². The molecule has 0 atom stereocenters. The predicted octanol–water partition coefficient (Wildman–Crippen LogP) is 4.73. The van der Waals surface area contributed by atoms with Gasteiger partial charge in [0.1, 0.15) is 0 Å². The summed E-state index contributed by atoms with van der Waals surface area (Å²) >= 11 is 0. The van der Waals surface area contributed by atoms with E-state index in [4.69, 9.17) is 4.74 Å². The van der Waals surface area contributed by atoms with Gasteiger partial charge in [-0.1, -0.05) is 30.3 Å². The van der Waals surface area contributed by atoms with Gasteiger partial charge in [-0.2, -0.15) is 0 Å². The molecule has 0 spiro atoms. The van der Waals surface area contributed by atoms with E-state index in [0.717, 1.165) is 11.1 Å². The predicted molar refractivity (Wildman–Crippen MR) is 80.2 cm³/mol. The largest absolute Gasteiger partial charge is 0.494 e. The molecule has 3 aromatic carbocycles. The summed E-state index contributed by atoms with van der Waals surface area (Å²) in [6, 6.07) is 19.0. The first-order chi connectivity index (χ1) is 9.76. The molecule has 0 radical (unpaired) electrons. The Labute approximate surface area is 116 Å². The zero-order chi connectivity index (χ0) is 13.9. The van der Waals surface area contributed by atoms with E-state index in [9.17, 15) is 4.39 Å². The van der Waals surface area contributed by atoms with Gasteiger partial charge in [0, 0.05) is 17.4 Å². The molecule has 0 saturated heterocycles. The van der Waals surface area contributed by atoms with Gasteiger partial charge >= 0.3 is 0 Å². The van der Waals surface area contributed by atoms with Crippen molar-refractivity contribution in [1.82, 2.24) is 0 Å². The lowest BCUT2D eigenvalue weighted by molar-refractivity contribution is 0.386. The molecule has 0 aromatic heterocycles. The number of rotatable bonds is 3. The Kier molecular flexibility index (Phi) is 3.25. The summed E-state index contributed by atoms with van der Waals surface area (Å²) in [7, 11) is 1.45. The molecule has 0 bridgehead atoms. The molecule has 0 aliphatic heterocycles. The number of benzene rings is 3. The average Bonchev–Trinajstić information content (AvgIpc) is 2.47. The Morgan fingerprint density at radius 2 is 1.55 bits per heavy atom. The molecule has 100 valence electrons. The van der Waals surface area contributed by atoms with Crippen molar-refractivity contribution in [3.63, 3.8) is 0 Å². The van der Waals surface area contributed by atoms with Gasteiger partial charge in [-0.15, -0.1) is 0 Å². The molecule has 3 rings (SSSR count). The first kappa shape index (κ1) is 12.5. The van der Waals surface area contributed by atoms with Crippen molar-refractivity contribution >= 4 is 22.1 Å². The summed E-state index contributed by atoms with van der Waals surface area (Å²) in [5.74, 6) is -0.132. The standard InChI is InChI=1S/C17H14FNO/c1-20-17-9-8-15(11-16(17)18)19-14-7-6-12-4-2-3-5-13(12)10-14/h2-11,19H,1H3. The van der Waals surface area contributed by atoms with Crippen LogP contribution in [0.1, 0.15) is 0 Å². The molecular formula is C17H14FNO. The van der Waals surface area contributed by atoms with E-state index in [-0.39, 0.29) is 11.6 Å². The van der Waals surface area contributed by atoms with Crippen LogP contribution in [-0.4, -0.2) is 7.11 Å². The minimum Gasteiger partial charge on any atom is -0.494 e. The fourth-order valence-corrected chi connectivity index (χ4v) is 2.18. The van der Waals surface area contributed by atoms with Crippen molar-refractivity contribution in [2.45, 2.75) is 0 Å². The van der Waals surface area contributed by atoms with Gasteiger partial charge in [-0.25, -0.2) is 4.39 Å². The van der Waals surface area contributed by atoms with E-state index in [2.05, 4.69) is 17.4 Å². The van der Waals surface area contributed by atoms with E-state index in [1.54, 1.807) is 12.1 Å². The molecule has 0 aliphatic rings. The van der Waals surface area contributed by atoms with Crippen LogP contribution in [0.15, 0.2) is 60.7 Å². The highest BCUT2D eigenvalue weighted by molar-refractivity contribution is 5.86. The van der Waals surface area contributed by atoms with Crippen molar-refractivity contribution < 1.29 is 9.13 Å². The van der Waals surface area contributed by atoms with Crippen LogP contribution in [0.5, 0.6) is 5.75 Å². The molecule has 0 fully saturated rings. The van der Waals surface area contributed by atoms with Crippen LogP contribution in [-0.2, 0) is 0 Å². The quantitative estimate of drug-likeness (QED) is 0.740. The number of fused-ring (bicyclic) bond motifs is 1. The maximum absolute atomic E-state index is 13.6. The van der Waals surface area contributed by atoms with Crippen molar-refractivity contribution in [2.75, 3.05) is 12.4 Å². The molecule has 1 N–H and O–H groups in total. The van der Waals surface area contributed by atoms with E-state index >= 15 is 0 Å². The maximum atomic E-state index is 13.6. The number of methoxy groups -OCH3 is 1. The van der Waals surface area contributed by atoms with E-state index in [1.165, 1.54) is 18.6 Å². The number of hydrogen-bond acceptors (Lipinski definition) is 2. The molecule has 3 aromatic rings. The van der Waals surface area contributed by atoms with Crippen LogP contribution in [0, 0.1) is 5.82 Å². The molecule has 0 heterocycles. The van der Waals surface area contributed by atoms with Gasteiger partial charge in [0.2, 0.25) is 0 Å². The summed E-state index contributed by atoms with van der Waals surface area (Å²) in [5, 5.41) is 5.52. The third-order valence-electron chi connectivity index (χ3n) is 3.19. The monoisotopic (exact) mass is 267 g/mol. The van der Waals surface area contributed by atoms with Gasteiger partial charge in [-0.3, -0.25) is 0 Å². The second-order valence-electron chi connectivity index (χ2n) is 4.54.